The summed E-state index contributed by atoms with van der Waals surface area (Å²) >= 11 is 0. The molecule has 3 rings (SSSR count). The SMILES string of the molecule is COc1ccnc(NNC(=O)c2ccc(OCC(=O)N3[C@H](C)CCC[C@@H]3C)cc2)n1. The van der Waals surface area contributed by atoms with Gasteiger partial charge in [0.05, 0.1) is 7.11 Å². The van der Waals surface area contributed by atoms with Crippen molar-refractivity contribution in [3.8, 4) is 11.6 Å². The number of rotatable bonds is 7. The summed E-state index contributed by atoms with van der Waals surface area (Å²) in [5.74, 6) is 0.744. The fourth-order valence-corrected chi connectivity index (χ4v) is 3.54. The molecule has 1 aromatic heterocycles. The third kappa shape index (κ3) is 5.37. The number of aromatic nitrogens is 2. The standard InChI is InChI=1S/C21H27N5O4/c1-14-5-4-6-15(2)26(14)19(27)13-30-17-9-7-16(8-10-17)20(28)24-25-21-22-12-11-18(23-21)29-3/h7-12,14-15H,4-6,13H2,1-3H3,(H,24,28)(H,22,23,25)/t14-,15+. The Morgan fingerprint density at radius 3 is 2.50 bits per heavy atom. The van der Waals surface area contributed by atoms with Crippen LogP contribution < -0.4 is 20.3 Å². The van der Waals surface area contributed by atoms with E-state index >= 15 is 0 Å². The summed E-state index contributed by atoms with van der Waals surface area (Å²) in [6, 6.07) is 8.63. The second-order valence-electron chi connectivity index (χ2n) is 7.24. The van der Waals surface area contributed by atoms with Crippen molar-refractivity contribution in [2.75, 3.05) is 19.1 Å². The van der Waals surface area contributed by atoms with Crippen molar-refractivity contribution in [2.24, 2.45) is 0 Å². The van der Waals surface area contributed by atoms with E-state index in [0.29, 0.717) is 17.2 Å². The van der Waals surface area contributed by atoms with Gasteiger partial charge in [0.25, 0.3) is 11.8 Å². The zero-order valence-corrected chi connectivity index (χ0v) is 17.4. The second-order valence-corrected chi connectivity index (χ2v) is 7.24. The van der Waals surface area contributed by atoms with Crippen LogP contribution in [0.25, 0.3) is 0 Å². The van der Waals surface area contributed by atoms with Gasteiger partial charge >= 0.3 is 0 Å². The third-order valence-corrected chi connectivity index (χ3v) is 5.09. The maximum Gasteiger partial charge on any atom is 0.269 e. The lowest BCUT2D eigenvalue weighted by molar-refractivity contribution is -0.139. The Hall–Kier alpha value is -3.36. The number of ether oxygens (including phenoxy) is 2. The first-order chi connectivity index (χ1) is 14.5. The van der Waals surface area contributed by atoms with Gasteiger partial charge in [0.1, 0.15) is 5.75 Å². The molecule has 0 bridgehead atoms. The number of hydrogen-bond acceptors (Lipinski definition) is 7. The van der Waals surface area contributed by atoms with E-state index in [1.165, 1.54) is 13.3 Å². The molecule has 160 valence electrons. The Morgan fingerprint density at radius 1 is 1.13 bits per heavy atom. The van der Waals surface area contributed by atoms with E-state index in [9.17, 15) is 9.59 Å². The number of piperidine rings is 1. The summed E-state index contributed by atoms with van der Waals surface area (Å²) in [7, 11) is 1.50. The number of nitrogens with zero attached hydrogens (tertiary/aromatic N) is 3. The smallest absolute Gasteiger partial charge is 0.269 e. The third-order valence-electron chi connectivity index (χ3n) is 5.09. The number of hydrazine groups is 1. The molecule has 1 fully saturated rings. The van der Waals surface area contributed by atoms with Gasteiger partial charge in [-0.25, -0.2) is 4.98 Å². The van der Waals surface area contributed by atoms with Gasteiger partial charge in [-0.2, -0.15) is 4.98 Å². The minimum atomic E-state index is -0.361. The Morgan fingerprint density at radius 2 is 1.83 bits per heavy atom. The number of benzene rings is 1. The van der Waals surface area contributed by atoms with Crippen LogP contribution in [0, 0.1) is 0 Å². The number of carbonyl (C=O) groups excluding carboxylic acids is 2. The fraction of sp³-hybridized carbons (Fsp3) is 0.429. The van der Waals surface area contributed by atoms with Gasteiger partial charge < -0.3 is 14.4 Å². The summed E-state index contributed by atoms with van der Waals surface area (Å²) < 4.78 is 10.6. The van der Waals surface area contributed by atoms with Gasteiger partial charge in [-0.05, 0) is 57.4 Å². The Kier molecular flexibility index (Phi) is 7.05. The van der Waals surface area contributed by atoms with E-state index in [0.717, 1.165) is 19.3 Å². The normalized spacial score (nSPS) is 18.4. The lowest BCUT2D eigenvalue weighted by Crippen LogP contribution is -2.49. The molecule has 1 saturated heterocycles. The van der Waals surface area contributed by atoms with Crippen molar-refractivity contribution in [2.45, 2.75) is 45.2 Å². The minimum absolute atomic E-state index is 0.0148. The Bertz CT molecular complexity index is 864. The molecule has 2 amide bonds. The molecule has 2 heterocycles. The van der Waals surface area contributed by atoms with Crippen molar-refractivity contribution in [1.82, 2.24) is 20.3 Å². The Balaban J connectivity index is 1.50. The molecule has 9 nitrogen and oxygen atoms in total. The van der Waals surface area contributed by atoms with Crippen LogP contribution in [-0.4, -0.2) is 52.5 Å². The molecular weight excluding hydrogens is 386 g/mol. The topological polar surface area (TPSA) is 106 Å². The van der Waals surface area contributed by atoms with Gasteiger partial charge in [-0.15, -0.1) is 0 Å². The highest BCUT2D eigenvalue weighted by Gasteiger charge is 2.28. The maximum atomic E-state index is 12.5. The number of methoxy groups -OCH3 is 1. The molecule has 2 aromatic rings. The van der Waals surface area contributed by atoms with Gasteiger partial charge in [0.2, 0.25) is 11.8 Å². The quantitative estimate of drug-likeness (QED) is 0.672. The van der Waals surface area contributed by atoms with Crippen LogP contribution in [0.2, 0.25) is 0 Å². The van der Waals surface area contributed by atoms with Crippen LogP contribution >= 0.6 is 0 Å². The first-order valence-electron chi connectivity index (χ1n) is 9.95. The molecule has 2 atom stereocenters. The molecule has 1 aliphatic rings. The predicted molar refractivity (Wildman–Crippen MR) is 111 cm³/mol. The van der Waals surface area contributed by atoms with Crippen molar-refractivity contribution < 1.29 is 19.1 Å². The first-order valence-corrected chi connectivity index (χ1v) is 9.95. The van der Waals surface area contributed by atoms with Gasteiger partial charge in [-0.1, -0.05) is 0 Å². The van der Waals surface area contributed by atoms with Crippen molar-refractivity contribution in [3.05, 3.63) is 42.1 Å². The van der Waals surface area contributed by atoms with E-state index in [2.05, 4.69) is 34.7 Å². The van der Waals surface area contributed by atoms with Crippen LogP contribution in [0.4, 0.5) is 5.95 Å². The molecule has 0 unspecified atom stereocenters. The van der Waals surface area contributed by atoms with Crippen molar-refractivity contribution in [1.29, 1.82) is 0 Å². The molecule has 1 aromatic carbocycles. The highest BCUT2D eigenvalue weighted by Crippen LogP contribution is 2.23. The molecular formula is C21H27N5O4. The number of hydrogen-bond donors (Lipinski definition) is 2. The first kappa shape index (κ1) is 21.4. The molecule has 30 heavy (non-hydrogen) atoms. The summed E-state index contributed by atoms with van der Waals surface area (Å²) in [6.07, 6.45) is 4.71. The van der Waals surface area contributed by atoms with E-state index < -0.39 is 0 Å². The van der Waals surface area contributed by atoms with Crippen LogP contribution in [0.3, 0.4) is 0 Å². The average molecular weight is 413 g/mol. The average Bonchev–Trinajstić information content (AvgIpc) is 2.76. The predicted octanol–water partition coefficient (Wildman–Crippen LogP) is 2.41. The highest BCUT2D eigenvalue weighted by atomic mass is 16.5. The van der Waals surface area contributed by atoms with E-state index in [-0.39, 0.29) is 36.5 Å². The molecule has 1 aliphatic heterocycles. The second kappa shape index (κ2) is 9.91. The van der Waals surface area contributed by atoms with Gasteiger partial charge in [0, 0.05) is 29.9 Å². The van der Waals surface area contributed by atoms with Crippen molar-refractivity contribution in [3.63, 3.8) is 0 Å². The van der Waals surface area contributed by atoms with Crippen LogP contribution in [0.15, 0.2) is 36.5 Å². The Labute approximate surface area is 175 Å². The van der Waals surface area contributed by atoms with Crippen LogP contribution in [0.5, 0.6) is 11.6 Å². The number of anilines is 1. The molecule has 0 spiro atoms. The van der Waals surface area contributed by atoms with Gasteiger partial charge in [-0.3, -0.25) is 20.4 Å². The van der Waals surface area contributed by atoms with Crippen LogP contribution in [-0.2, 0) is 4.79 Å². The number of amides is 2. The largest absolute Gasteiger partial charge is 0.484 e. The summed E-state index contributed by atoms with van der Waals surface area (Å²) in [4.78, 5) is 34.8. The van der Waals surface area contributed by atoms with E-state index in [1.54, 1.807) is 30.3 Å². The summed E-state index contributed by atoms with van der Waals surface area (Å²) in [6.45, 7) is 4.13. The van der Waals surface area contributed by atoms with Gasteiger partial charge in [0.15, 0.2) is 6.61 Å². The van der Waals surface area contributed by atoms with E-state index in [1.807, 2.05) is 4.90 Å². The summed E-state index contributed by atoms with van der Waals surface area (Å²) in [5, 5.41) is 0. The molecule has 0 aliphatic carbocycles. The molecule has 0 radical (unpaired) electrons. The molecule has 9 heteroatoms. The highest BCUT2D eigenvalue weighted by molar-refractivity contribution is 5.94. The number of nitrogens with one attached hydrogen (secondary N) is 2. The van der Waals surface area contributed by atoms with Crippen LogP contribution in [0.1, 0.15) is 43.5 Å². The van der Waals surface area contributed by atoms with E-state index in [4.69, 9.17) is 9.47 Å². The molecule has 2 N–H and O–H groups in total. The maximum absolute atomic E-state index is 12.5. The lowest BCUT2D eigenvalue weighted by atomic mass is 9.97. The molecule has 0 saturated carbocycles. The minimum Gasteiger partial charge on any atom is -0.484 e. The zero-order valence-electron chi connectivity index (χ0n) is 17.4. The zero-order chi connectivity index (χ0) is 21.5. The fourth-order valence-electron chi connectivity index (χ4n) is 3.54. The number of likely N-dealkylation sites (tertiary alicyclic amines) is 1. The monoisotopic (exact) mass is 413 g/mol. The summed E-state index contributed by atoms with van der Waals surface area (Å²) in [5.41, 5.74) is 5.57. The lowest BCUT2D eigenvalue weighted by Gasteiger charge is -2.38. The number of carbonyl (C=O) groups is 2. The van der Waals surface area contributed by atoms with Crippen molar-refractivity contribution >= 4 is 17.8 Å².